The molecule has 1 amide bonds. The van der Waals surface area contributed by atoms with Crippen molar-refractivity contribution < 1.29 is 19.1 Å². The van der Waals surface area contributed by atoms with Crippen LogP contribution in [-0.2, 0) is 9.53 Å². The topological polar surface area (TPSA) is 81.9 Å². The SMILES string of the molecule is CCOC(=O)COc1ccc(/C=N/NC(=O)c2ccc(-n3c(C)ccc3-c3ccccc3)cc2)cc1. The molecule has 0 saturated carbocycles. The Morgan fingerprint density at radius 1 is 0.917 bits per heavy atom. The Bertz CT molecular complexity index is 1340. The largest absolute Gasteiger partial charge is 0.482 e. The highest BCUT2D eigenvalue weighted by Crippen LogP contribution is 2.26. The zero-order valence-electron chi connectivity index (χ0n) is 20.2. The smallest absolute Gasteiger partial charge is 0.344 e. The predicted octanol–water partition coefficient (Wildman–Crippen LogP) is 5.16. The van der Waals surface area contributed by atoms with Crippen LogP contribution in [0.3, 0.4) is 0 Å². The van der Waals surface area contributed by atoms with Crippen molar-refractivity contribution in [1.29, 1.82) is 0 Å². The summed E-state index contributed by atoms with van der Waals surface area (Å²) >= 11 is 0. The minimum atomic E-state index is -0.418. The molecule has 0 unspecified atom stereocenters. The number of nitrogens with zero attached hydrogens (tertiary/aromatic N) is 2. The average Bonchev–Trinajstić information content (AvgIpc) is 3.30. The van der Waals surface area contributed by atoms with Crippen LogP contribution in [0.2, 0.25) is 0 Å². The number of carbonyl (C=O) groups is 2. The Kier molecular flexibility index (Phi) is 7.93. The maximum Gasteiger partial charge on any atom is 0.344 e. The van der Waals surface area contributed by atoms with Crippen LogP contribution in [-0.4, -0.2) is 35.9 Å². The fourth-order valence-corrected chi connectivity index (χ4v) is 3.70. The summed E-state index contributed by atoms with van der Waals surface area (Å²) in [5, 5.41) is 4.04. The number of ether oxygens (including phenoxy) is 2. The molecular weight excluding hydrogens is 454 g/mol. The van der Waals surface area contributed by atoms with Gasteiger partial charge in [0.25, 0.3) is 5.91 Å². The number of esters is 1. The van der Waals surface area contributed by atoms with Crippen LogP contribution in [0.25, 0.3) is 16.9 Å². The molecule has 7 nitrogen and oxygen atoms in total. The zero-order chi connectivity index (χ0) is 25.3. The van der Waals surface area contributed by atoms with Crippen LogP contribution >= 0.6 is 0 Å². The van der Waals surface area contributed by atoms with Crippen molar-refractivity contribution >= 4 is 18.1 Å². The van der Waals surface area contributed by atoms with E-state index in [0.29, 0.717) is 17.9 Å². The van der Waals surface area contributed by atoms with E-state index in [9.17, 15) is 9.59 Å². The van der Waals surface area contributed by atoms with Gasteiger partial charge < -0.3 is 14.0 Å². The lowest BCUT2D eigenvalue weighted by atomic mass is 10.1. The van der Waals surface area contributed by atoms with Gasteiger partial charge in [0.2, 0.25) is 0 Å². The standard InChI is InChI=1S/C29H27N3O4/c1-3-35-28(33)20-36-26-16-10-22(11-17-26)19-30-31-29(34)24-12-14-25(15-13-24)32-21(2)9-18-27(32)23-7-5-4-6-8-23/h4-19H,3,20H2,1-2H3,(H,31,34)/b30-19+. The maximum absolute atomic E-state index is 12.5. The van der Waals surface area contributed by atoms with Gasteiger partial charge >= 0.3 is 5.97 Å². The third kappa shape index (κ3) is 6.07. The molecule has 1 N–H and O–H groups in total. The normalized spacial score (nSPS) is 10.8. The zero-order valence-corrected chi connectivity index (χ0v) is 20.2. The first-order valence-electron chi connectivity index (χ1n) is 11.6. The summed E-state index contributed by atoms with van der Waals surface area (Å²) in [6, 6.07) is 28.8. The number of amides is 1. The summed E-state index contributed by atoms with van der Waals surface area (Å²) < 4.78 is 12.4. The molecule has 0 radical (unpaired) electrons. The van der Waals surface area contributed by atoms with E-state index in [-0.39, 0.29) is 12.5 Å². The van der Waals surface area contributed by atoms with E-state index < -0.39 is 5.97 Å². The highest BCUT2D eigenvalue weighted by molar-refractivity contribution is 5.95. The lowest BCUT2D eigenvalue weighted by Gasteiger charge is -2.12. The quantitative estimate of drug-likeness (QED) is 0.203. The number of hydrazone groups is 1. The van der Waals surface area contributed by atoms with Crippen LogP contribution in [0.15, 0.2) is 96.1 Å². The first-order chi connectivity index (χ1) is 17.5. The van der Waals surface area contributed by atoms with E-state index in [1.54, 1.807) is 43.3 Å². The van der Waals surface area contributed by atoms with Gasteiger partial charge in [0, 0.05) is 16.9 Å². The van der Waals surface area contributed by atoms with E-state index in [1.807, 2.05) is 30.3 Å². The highest BCUT2D eigenvalue weighted by atomic mass is 16.6. The lowest BCUT2D eigenvalue weighted by Crippen LogP contribution is -2.17. The summed E-state index contributed by atoms with van der Waals surface area (Å²) in [4.78, 5) is 23.9. The molecule has 0 aliphatic rings. The molecule has 0 spiro atoms. The molecule has 0 bridgehead atoms. The molecule has 3 aromatic carbocycles. The Morgan fingerprint density at radius 3 is 2.33 bits per heavy atom. The number of nitrogens with one attached hydrogen (secondary N) is 1. The third-order valence-electron chi connectivity index (χ3n) is 5.46. The van der Waals surface area contributed by atoms with E-state index >= 15 is 0 Å². The Hall–Kier alpha value is -4.65. The molecule has 4 rings (SSSR count). The van der Waals surface area contributed by atoms with E-state index in [1.165, 1.54) is 6.21 Å². The van der Waals surface area contributed by atoms with Gasteiger partial charge in [-0.2, -0.15) is 5.10 Å². The van der Waals surface area contributed by atoms with Crippen molar-refractivity contribution in [3.63, 3.8) is 0 Å². The van der Waals surface area contributed by atoms with Crippen molar-refractivity contribution in [3.8, 4) is 22.7 Å². The van der Waals surface area contributed by atoms with E-state index in [2.05, 4.69) is 46.3 Å². The summed E-state index contributed by atoms with van der Waals surface area (Å²) in [6.07, 6.45) is 1.54. The van der Waals surface area contributed by atoms with Gasteiger partial charge in [-0.05, 0) is 85.6 Å². The third-order valence-corrected chi connectivity index (χ3v) is 5.46. The van der Waals surface area contributed by atoms with Gasteiger partial charge in [0.05, 0.1) is 18.5 Å². The molecule has 0 saturated heterocycles. The summed E-state index contributed by atoms with van der Waals surface area (Å²) in [7, 11) is 0. The molecule has 1 aromatic heterocycles. The Balaban J connectivity index is 1.36. The number of benzene rings is 3. The minimum absolute atomic E-state index is 0.145. The van der Waals surface area contributed by atoms with Gasteiger partial charge in [0.15, 0.2) is 6.61 Å². The first-order valence-corrected chi connectivity index (χ1v) is 11.6. The van der Waals surface area contributed by atoms with Gasteiger partial charge in [-0.15, -0.1) is 0 Å². The lowest BCUT2D eigenvalue weighted by molar-refractivity contribution is -0.145. The molecule has 0 aliphatic heterocycles. The fraction of sp³-hybridized carbons (Fsp3) is 0.138. The van der Waals surface area contributed by atoms with E-state index in [0.717, 1.165) is 28.2 Å². The number of rotatable bonds is 9. The van der Waals surface area contributed by atoms with E-state index in [4.69, 9.17) is 9.47 Å². The van der Waals surface area contributed by atoms with Gasteiger partial charge in [-0.3, -0.25) is 4.79 Å². The molecular formula is C29H27N3O4. The second-order valence-electron chi connectivity index (χ2n) is 7.97. The maximum atomic E-state index is 12.5. The number of aromatic nitrogens is 1. The van der Waals surface area contributed by atoms with Crippen molar-refractivity contribution in [1.82, 2.24) is 9.99 Å². The molecule has 7 heteroatoms. The highest BCUT2D eigenvalue weighted by Gasteiger charge is 2.11. The number of carbonyl (C=O) groups excluding carboxylic acids is 2. The van der Waals surface area contributed by atoms with Crippen LogP contribution in [0, 0.1) is 6.92 Å². The number of hydrogen-bond acceptors (Lipinski definition) is 5. The molecule has 182 valence electrons. The van der Waals surface area contributed by atoms with Crippen LogP contribution in [0.5, 0.6) is 5.75 Å². The van der Waals surface area contributed by atoms with Crippen LogP contribution in [0.4, 0.5) is 0 Å². The Labute approximate surface area is 210 Å². The summed E-state index contributed by atoms with van der Waals surface area (Å²) in [5.41, 5.74) is 8.12. The first kappa shape index (κ1) is 24.5. The second-order valence-corrected chi connectivity index (χ2v) is 7.97. The second kappa shape index (κ2) is 11.7. The van der Waals surface area contributed by atoms with Crippen molar-refractivity contribution in [2.75, 3.05) is 13.2 Å². The van der Waals surface area contributed by atoms with Gasteiger partial charge in [-0.1, -0.05) is 30.3 Å². The Morgan fingerprint density at radius 2 is 1.64 bits per heavy atom. The number of aryl methyl sites for hydroxylation is 1. The van der Waals surface area contributed by atoms with Crippen LogP contribution < -0.4 is 10.2 Å². The molecule has 36 heavy (non-hydrogen) atoms. The molecule has 1 heterocycles. The van der Waals surface area contributed by atoms with Crippen molar-refractivity contribution in [2.45, 2.75) is 13.8 Å². The summed E-state index contributed by atoms with van der Waals surface area (Å²) in [5.74, 6) is -0.184. The summed E-state index contributed by atoms with van der Waals surface area (Å²) in [6.45, 7) is 3.97. The van der Waals surface area contributed by atoms with Gasteiger partial charge in [0.1, 0.15) is 5.75 Å². The molecule has 0 fully saturated rings. The van der Waals surface area contributed by atoms with Crippen molar-refractivity contribution in [3.05, 3.63) is 108 Å². The minimum Gasteiger partial charge on any atom is -0.482 e. The van der Waals surface area contributed by atoms with Gasteiger partial charge in [-0.25, -0.2) is 10.2 Å². The molecule has 4 aromatic rings. The molecule has 0 aliphatic carbocycles. The average molecular weight is 482 g/mol. The number of hydrogen-bond donors (Lipinski definition) is 1. The van der Waals surface area contributed by atoms with Crippen molar-refractivity contribution in [2.24, 2.45) is 5.10 Å². The van der Waals surface area contributed by atoms with Crippen LogP contribution in [0.1, 0.15) is 28.5 Å². The predicted molar refractivity (Wildman–Crippen MR) is 140 cm³/mol. The fourth-order valence-electron chi connectivity index (χ4n) is 3.70. The molecule has 0 atom stereocenters. The monoisotopic (exact) mass is 481 g/mol.